The van der Waals surface area contributed by atoms with Crippen molar-refractivity contribution < 1.29 is 22.3 Å². The summed E-state index contributed by atoms with van der Waals surface area (Å²) in [4.78, 5) is 16.0. The smallest absolute Gasteiger partial charge is 0.262 e. The lowest BCUT2D eigenvalue weighted by molar-refractivity contribution is -0.118. The number of hydrogen-bond acceptors (Lipinski definition) is 6. The van der Waals surface area contributed by atoms with Crippen LogP contribution in [0.1, 0.15) is 5.01 Å². The fourth-order valence-corrected chi connectivity index (χ4v) is 4.66. The third-order valence-electron chi connectivity index (χ3n) is 3.55. The third kappa shape index (κ3) is 5.28. The van der Waals surface area contributed by atoms with E-state index in [9.17, 15) is 17.6 Å². The highest BCUT2D eigenvalue weighted by Gasteiger charge is 2.17. The second-order valence-corrected chi connectivity index (χ2v) is 9.03. The van der Waals surface area contributed by atoms with Crippen molar-refractivity contribution in [1.29, 1.82) is 0 Å². The first kappa shape index (κ1) is 20.2. The van der Waals surface area contributed by atoms with Crippen LogP contribution in [0.5, 0.6) is 5.75 Å². The normalized spacial score (nSPS) is 11.2. The molecule has 3 rings (SSSR count). The van der Waals surface area contributed by atoms with Crippen LogP contribution in [0.3, 0.4) is 0 Å². The molecule has 0 aliphatic carbocycles. The molecule has 146 valence electrons. The van der Waals surface area contributed by atoms with Crippen molar-refractivity contribution in [3.05, 3.63) is 69.9 Å². The van der Waals surface area contributed by atoms with Crippen molar-refractivity contribution in [2.75, 3.05) is 11.9 Å². The van der Waals surface area contributed by atoms with Crippen LogP contribution in [0.2, 0.25) is 5.02 Å². The number of amides is 1. The van der Waals surface area contributed by atoms with Gasteiger partial charge in [-0.1, -0.05) is 11.6 Å². The summed E-state index contributed by atoms with van der Waals surface area (Å²) < 4.78 is 43.5. The molecule has 3 aromatic rings. The van der Waals surface area contributed by atoms with E-state index in [-0.39, 0.29) is 21.4 Å². The number of hydrogen-bond donors (Lipinski definition) is 1. The van der Waals surface area contributed by atoms with Gasteiger partial charge in [-0.15, -0.1) is 11.3 Å². The van der Waals surface area contributed by atoms with E-state index < -0.39 is 28.2 Å². The molecule has 0 aliphatic rings. The van der Waals surface area contributed by atoms with Gasteiger partial charge < -0.3 is 10.1 Å². The maximum absolute atomic E-state index is 13.6. The van der Waals surface area contributed by atoms with E-state index in [4.69, 9.17) is 16.3 Å². The van der Waals surface area contributed by atoms with Crippen molar-refractivity contribution >= 4 is 44.4 Å². The summed E-state index contributed by atoms with van der Waals surface area (Å²) >= 11 is 6.92. The minimum Gasteiger partial charge on any atom is -0.481 e. The number of thiazole rings is 1. The fourth-order valence-electron chi connectivity index (χ4n) is 2.25. The van der Waals surface area contributed by atoms with E-state index in [0.717, 1.165) is 6.07 Å². The number of aromatic nitrogens is 1. The molecule has 0 radical (unpaired) electrons. The monoisotopic (exact) mass is 440 g/mol. The maximum Gasteiger partial charge on any atom is 0.262 e. The van der Waals surface area contributed by atoms with Crippen molar-refractivity contribution in [2.24, 2.45) is 0 Å². The Balaban J connectivity index is 1.58. The first-order valence-electron chi connectivity index (χ1n) is 7.92. The SMILES string of the molecule is O=C(COc1ccc(Cl)cc1F)Nc1ccc(S(=O)(=O)Cc2nccs2)cc1. The second kappa shape index (κ2) is 8.68. The Morgan fingerprint density at radius 3 is 2.61 bits per heavy atom. The number of ether oxygens (including phenoxy) is 1. The van der Waals surface area contributed by atoms with Gasteiger partial charge in [0.2, 0.25) is 0 Å². The highest BCUT2D eigenvalue weighted by atomic mass is 35.5. The van der Waals surface area contributed by atoms with Gasteiger partial charge in [0.15, 0.2) is 28.0 Å². The molecule has 0 unspecified atom stereocenters. The van der Waals surface area contributed by atoms with Crippen LogP contribution in [0.25, 0.3) is 0 Å². The number of anilines is 1. The van der Waals surface area contributed by atoms with Gasteiger partial charge in [-0.05, 0) is 42.5 Å². The summed E-state index contributed by atoms with van der Waals surface area (Å²) in [5, 5.41) is 4.98. The quantitative estimate of drug-likeness (QED) is 0.601. The Morgan fingerprint density at radius 1 is 1.21 bits per heavy atom. The number of carbonyl (C=O) groups excluding carboxylic acids is 1. The minimum atomic E-state index is -3.52. The van der Waals surface area contributed by atoms with Gasteiger partial charge in [-0.2, -0.15) is 0 Å². The van der Waals surface area contributed by atoms with E-state index in [1.807, 2.05) is 0 Å². The number of rotatable bonds is 7. The number of halogens is 2. The summed E-state index contributed by atoms with van der Waals surface area (Å²) in [5.41, 5.74) is 0.387. The van der Waals surface area contributed by atoms with E-state index in [1.54, 1.807) is 11.6 Å². The molecule has 0 spiro atoms. The molecule has 0 bridgehead atoms. The van der Waals surface area contributed by atoms with Gasteiger partial charge in [-0.3, -0.25) is 4.79 Å². The number of carbonyl (C=O) groups is 1. The van der Waals surface area contributed by atoms with Crippen LogP contribution in [0.15, 0.2) is 58.9 Å². The average molecular weight is 441 g/mol. The lowest BCUT2D eigenvalue weighted by Gasteiger charge is -2.09. The minimum absolute atomic E-state index is 0.0943. The largest absolute Gasteiger partial charge is 0.481 e. The van der Waals surface area contributed by atoms with Crippen LogP contribution in [0, 0.1) is 5.82 Å². The van der Waals surface area contributed by atoms with Crippen LogP contribution in [-0.4, -0.2) is 25.9 Å². The summed E-state index contributed by atoms with van der Waals surface area (Å²) in [7, 11) is -3.52. The Labute approximate surface area is 169 Å². The van der Waals surface area contributed by atoms with Crippen LogP contribution in [-0.2, 0) is 20.4 Å². The topological polar surface area (TPSA) is 85.4 Å². The summed E-state index contributed by atoms with van der Waals surface area (Å²) in [6.45, 7) is -0.414. The number of nitrogens with one attached hydrogen (secondary N) is 1. The highest BCUT2D eigenvalue weighted by Crippen LogP contribution is 2.22. The van der Waals surface area contributed by atoms with Crippen molar-refractivity contribution in [3.8, 4) is 5.75 Å². The van der Waals surface area contributed by atoms with Gasteiger partial charge in [0.05, 0.1) is 4.90 Å². The highest BCUT2D eigenvalue weighted by molar-refractivity contribution is 7.90. The molecule has 0 atom stereocenters. The van der Waals surface area contributed by atoms with Gasteiger partial charge in [-0.25, -0.2) is 17.8 Å². The zero-order valence-electron chi connectivity index (χ0n) is 14.3. The zero-order chi connectivity index (χ0) is 20.1. The summed E-state index contributed by atoms with van der Waals surface area (Å²) in [6, 6.07) is 9.59. The Kier molecular flexibility index (Phi) is 6.28. The molecule has 1 heterocycles. The van der Waals surface area contributed by atoms with E-state index >= 15 is 0 Å². The molecule has 0 saturated heterocycles. The van der Waals surface area contributed by atoms with Crippen molar-refractivity contribution in [2.45, 2.75) is 10.6 Å². The first-order chi connectivity index (χ1) is 13.3. The van der Waals surface area contributed by atoms with Crippen molar-refractivity contribution in [1.82, 2.24) is 4.98 Å². The average Bonchev–Trinajstić information content (AvgIpc) is 3.14. The second-order valence-electron chi connectivity index (χ2n) is 5.62. The lowest BCUT2D eigenvalue weighted by Crippen LogP contribution is -2.20. The molecule has 0 saturated carbocycles. The Bertz CT molecular complexity index is 1070. The maximum atomic E-state index is 13.6. The molecule has 1 amide bonds. The number of nitrogens with zero attached hydrogens (tertiary/aromatic N) is 1. The molecular formula is C18H14ClFN2O4S2. The standard InChI is InChI=1S/C18H14ClFN2O4S2/c19-12-1-6-16(15(20)9-12)26-10-17(23)22-13-2-4-14(5-3-13)28(24,25)11-18-21-7-8-27-18/h1-9H,10-11H2,(H,22,23). The van der Waals surface area contributed by atoms with Gasteiger partial charge in [0.25, 0.3) is 5.91 Å². The molecule has 2 aromatic carbocycles. The Morgan fingerprint density at radius 2 is 1.96 bits per heavy atom. The van der Waals surface area contributed by atoms with Gasteiger partial charge in [0, 0.05) is 22.3 Å². The molecule has 6 nitrogen and oxygen atoms in total. The molecule has 28 heavy (non-hydrogen) atoms. The molecule has 1 aromatic heterocycles. The molecule has 0 aliphatic heterocycles. The van der Waals surface area contributed by atoms with E-state index in [2.05, 4.69) is 10.3 Å². The summed E-state index contributed by atoms with van der Waals surface area (Å²) in [5.74, 6) is -1.47. The zero-order valence-corrected chi connectivity index (χ0v) is 16.7. The molecule has 10 heteroatoms. The third-order valence-corrected chi connectivity index (χ3v) is 6.39. The number of sulfone groups is 1. The predicted octanol–water partition coefficient (Wildman–Crippen LogP) is 3.93. The van der Waals surface area contributed by atoms with Crippen molar-refractivity contribution in [3.63, 3.8) is 0 Å². The van der Waals surface area contributed by atoms with E-state index in [1.165, 1.54) is 47.7 Å². The fraction of sp³-hybridized carbons (Fsp3) is 0.111. The number of benzene rings is 2. The molecule has 1 N–H and O–H groups in total. The molecule has 0 fully saturated rings. The lowest BCUT2D eigenvalue weighted by atomic mass is 10.3. The van der Waals surface area contributed by atoms with Crippen LogP contribution >= 0.6 is 22.9 Å². The van der Waals surface area contributed by atoms with E-state index in [0.29, 0.717) is 10.7 Å². The Hall–Kier alpha value is -2.49. The predicted molar refractivity (Wildman–Crippen MR) is 105 cm³/mol. The van der Waals surface area contributed by atoms with Gasteiger partial charge in [0.1, 0.15) is 10.8 Å². The van der Waals surface area contributed by atoms with Gasteiger partial charge >= 0.3 is 0 Å². The first-order valence-corrected chi connectivity index (χ1v) is 10.8. The summed E-state index contributed by atoms with van der Waals surface area (Å²) in [6.07, 6.45) is 1.55. The van der Waals surface area contributed by atoms with Crippen LogP contribution < -0.4 is 10.1 Å². The molecular weight excluding hydrogens is 427 g/mol. The van der Waals surface area contributed by atoms with Crippen LogP contribution in [0.4, 0.5) is 10.1 Å².